The molecule has 0 aliphatic carbocycles. The van der Waals surface area contributed by atoms with Crippen molar-refractivity contribution in [2.75, 3.05) is 0 Å². The summed E-state index contributed by atoms with van der Waals surface area (Å²) in [6, 6.07) is 10.00. The van der Waals surface area contributed by atoms with E-state index < -0.39 is 22.4 Å². The Morgan fingerprint density at radius 1 is 1.15 bits per heavy atom. The van der Waals surface area contributed by atoms with Gasteiger partial charge in [-0.1, -0.05) is 18.2 Å². The van der Waals surface area contributed by atoms with Crippen molar-refractivity contribution in [3.05, 3.63) is 86.1 Å². The number of alkyl halides is 3. The molecule has 0 N–H and O–H groups in total. The van der Waals surface area contributed by atoms with Crippen LogP contribution in [-0.4, -0.2) is 19.3 Å². The molecule has 0 fully saturated rings. The van der Waals surface area contributed by atoms with Gasteiger partial charge in [-0.2, -0.15) is 18.3 Å². The summed E-state index contributed by atoms with van der Waals surface area (Å²) < 4.78 is 40.9. The van der Waals surface area contributed by atoms with E-state index in [0.29, 0.717) is 5.56 Å². The number of benzene rings is 2. The maximum absolute atomic E-state index is 12.9. The molecular weight excluding hydrogens is 365 g/mol. The molecule has 3 aromatic rings. The van der Waals surface area contributed by atoms with Crippen LogP contribution >= 0.6 is 0 Å². The van der Waals surface area contributed by atoms with Crippen LogP contribution in [0.1, 0.15) is 17.0 Å². The van der Waals surface area contributed by atoms with Gasteiger partial charge in [0.05, 0.1) is 22.7 Å². The van der Waals surface area contributed by atoms with Gasteiger partial charge in [0, 0.05) is 12.1 Å². The summed E-state index contributed by atoms with van der Waals surface area (Å²) in [7, 11) is 0. The summed E-state index contributed by atoms with van der Waals surface area (Å²) >= 11 is 0. The Balaban J connectivity index is 1.96. The topological polar surface area (TPSA) is 83.0 Å². The van der Waals surface area contributed by atoms with Gasteiger partial charge in [0.15, 0.2) is 0 Å². The molecule has 0 aliphatic heterocycles. The van der Waals surface area contributed by atoms with E-state index >= 15 is 0 Å². The number of nitro benzene ring substituents is 1. The summed E-state index contributed by atoms with van der Waals surface area (Å²) in [6.07, 6.45) is -4.53. The van der Waals surface area contributed by atoms with Gasteiger partial charge in [0.25, 0.3) is 5.69 Å². The van der Waals surface area contributed by atoms with Crippen molar-refractivity contribution < 1.29 is 18.1 Å². The van der Waals surface area contributed by atoms with Gasteiger partial charge < -0.3 is 0 Å². The van der Waals surface area contributed by atoms with Crippen molar-refractivity contribution in [3.63, 3.8) is 0 Å². The van der Waals surface area contributed by atoms with Crippen molar-refractivity contribution in [2.24, 2.45) is 0 Å². The molecule has 0 radical (unpaired) electrons. The van der Waals surface area contributed by atoms with Gasteiger partial charge in [0.1, 0.15) is 5.82 Å². The average molecular weight is 378 g/mol. The minimum atomic E-state index is -4.53. The number of rotatable bonds is 4. The van der Waals surface area contributed by atoms with Gasteiger partial charge in [-0.15, -0.1) is 0 Å². The zero-order valence-corrected chi connectivity index (χ0v) is 14.0. The van der Waals surface area contributed by atoms with Crippen LogP contribution in [0.3, 0.4) is 0 Å². The second-order valence-electron chi connectivity index (χ2n) is 5.79. The van der Waals surface area contributed by atoms with E-state index in [1.807, 2.05) is 0 Å². The zero-order chi connectivity index (χ0) is 19.8. The molecule has 0 spiro atoms. The molecule has 0 saturated carbocycles. The van der Waals surface area contributed by atoms with E-state index in [0.717, 1.165) is 21.4 Å². The van der Waals surface area contributed by atoms with E-state index in [4.69, 9.17) is 0 Å². The number of halogens is 3. The van der Waals surface area contributed by atoms with Crippen LogP contribution in [0.4, 0.5) is 18.9 Å². The summed E-state index contributed by atoms with van der Waals surface area (Å²) in [6.45, 7) is 1.54. The number of hydrogen-bond donors (Lipinski definition) is 0. The summed E-state index contributed by atoms with van der Waals surface area (Å²) in [5.41, 5.74) is -0.907. The number of nitrogens with zero attached hydrogens (tertiary/aromatic N) is 4. The Kier molecular flexibility index (Phi) is 4.56. The predicted octanol–water partition coefficient (Wildman–Crippen LogP) is 3.32. The lowest BCUT2D eigenvalue weighted by atomic mass is 10.2. The number of non-ortho nitro benzene ring substituents is 1. The lowest BCUT2D eigenvalue weighted by molar-refractivity contribution is -0.384. The fraction of sp³-hybridized carbons (Fsp3) is 0.176. The van der Waals surface area contributed by atoms with Crippen molar-refractivity contribution in [1.82, 2.24) is 14.3 Å². The highest BCUT2D eigenvalue weighted by molar-refractivity contribution is 5.38. The Morgan fingerprint density at radius 2 is 1.81 bits per heavy atom. The molecule has 2 aromatic carbocycles. The van der Waals surface area contributed by atoms with Gasteiger partial charge in [-0.3, -0.25) is 10.1 Å². The minimum Gasteiger partial charge on any atom is -0.258 e. The van der Waals surface area contributed by atoms with Gasteiger partial charge >= 0.3 is 11.9 Å². The third-order valence-electron chi connectivity index (χ3n) is 3.91. The summed E-state index contributed by atoms with van der Waals surface area (Å²) in [5.74, 6) is 0.223. The molecule has 0 aliphatic rings. The van der Waals surface area contributed by atoms with Crippen LogP contribution < -0.4 is 5.69 Å². The predicted molar refractivity (Wildman–Crippen MR) is 89.8 cm³/mol. The first kappa shape index (κ1) is 18.4. The van der Waals surface area contributed by atoms with E-state index in [1.165, 1.54) is 43.3 Å². The smallest absolute Gasteiger partial charge is 0.258 e. The standard InChI is InChI=1S/C17H13F3N4O3/c1-11-21-22(10-12-5-7-14(8-6-12)24(26)27)16(25)23(11)15-4-2-3-13(9-15)17(18,19)20/h2-9H,10H2,1H3. The largest absolute Gasteiger partial charge is 0.416 e. The molecule has 0 bridgehead atoms. The van der Waals surface area contributed by atoms with E-state index in [2.05, 4.69) is 5.10 Å². The van der Waals surface area contributed by atoms with Crippen LogP contribution in [0.25, 0.3) is 5.69 Å². The van der Waals surface area contributed by atoms with Crippen LogP contribution in [0.2, 0.25) is 0 Å². The SMILES string of the molecule is Cc1nn(Cc2ccc([N+](=O)[O-])cc2)c(=O)n1-c1cccc(C(F)(F)F)c1. The van der Waals surface area contributed by atoms with E-state index in [-0.39, 0.29) is 23.7 Å². The third-order valence-corrected chi connectivity index (χ3v) is 3.91. The molecule has 1 aromatic heterocycles. The fourth-order valence-corrected chi connectivity index (χ4v) is 2.63. The number of aromatic nitrogens is 3. The Bertz CT molecular complexity index is 1050. The Hall–Kier alpha value is -3.43. The highest BCUT2D eigenvalue weighted by Gasteiger charge is 2.30. The monoisotopic (exact) mass is 378 g/mol. The molecule has 3 rings (SSSR count). The zero-order valence-electron chi connectivity index (χ0n) is 14.0. The third kappa shape index (κ3) is 3.73. The molecule has 10 heteroatoms. The number of hydrogen-bond acceptors (Lipinski definition) is 4. The molecular formula is C17H13F3N4O3. The molecule has 7 nitrogen and oxygen atoms in total. The molecule has 0 unspecified atom stereocenters. The normalized spacial score (nSPS) is 11.6. The maximum Gasteiger partial charge on any atom is 0.416 e. The minimum absolute atomic E-state index is 0.0314. The van der Waals surface area contributed by atoms with Gasteiger partial charge in [-0.05, 0) is 30.7 Å². The number of aryl methyl sites for hydroxylation is 1. The Labute approximate surface area is 150 Å². The number of nitro groups is 1. The lowest BCUT2D eigenvalue weighted by Gasteiger charge is -2.09. The molecule has 0 atom stereocenters. The van der Waals surface area contributed by atoms with Crippen LogP contribution in [0.15, 0.2) is 53.3 Å². The quantitative estimate of drug-likeness (QED) is 0.515. The van der Waals surface area contributed by atoms with Crippen molar-refractivity contribution in [1.29, 1.82) is 0 Å². The van der Waals surface area contributed by atoms with E-state index in [9.17, 15) is 28.1 Å². The van der Waals surface area contributed by atoms with Gasteiger partial charge in [0.2, 0.25) is 0 Å². The fourth-order valence-electron chi connectivity index (χ4n) is 2.63. The summed E-state index contributed by atoms with van der Waals surface area (Å²) in [4.78, 5) is 22.7. The maximum atomic E-state index is 12.9. The second-order valence-corrected chi connectivity index (χ2v) is 5.79. The van der Waals surface area contributed by atoms with Crippen molar-refractivity contribution >= 4 is 5.69 Å². The van der Waals surface area contributed by atoms with Crippen LogP contribution in [0.5, 0.6) is 0 Å². The lowest BCUT2D eigenvalue weighted by Crippen LogP contribution is -2.25. The molecule has 27 heavy (non-hydrogen) atoms. The van der Waals surface area contributed by atoms with Crippen LogP contribution in [-0.2, 0) is 12.7 Å². The van der Waals surface area contributed by atoms with E-state index in [1.54, 1.807) is 0 Å². The summed E-state index contributed by atoms with van der Waals surface area (Å²) in [5, 5.41) is 14.8. The molecule has 0 amide bonds. The van der Waals surface area contributed by atoms with Crippen molar-refractivity contribution in [2.45, 2.75) is 19.6 Å². The van der Waals surface area contributed by atoms with Crippen molar-refractivity contribution in [3.8, 4) is 5.69 Å². The Morgan fingerprint density at radius 3 is 2.41 bits per heavy atom. The first-order chi connectivity index (χ1) is 12.7. The highest BCUT2D eigenvalue weighted by Crippen LogP contribution is 2.30. The molecule has 1 heterocycles. The second kappa shape index (κ2) is 6.71. The molecule has 0 saturated heterocycles. The van der Waals surface area contributed by atoms with Crippen LogP contribution in [0, 0.1) is 17.0 Å². The molecule has 140 valence electrons. The first-order valence-corrected chi connectivity index (χ1v) is 7.74. The van der Waals surface area contributed by atoms with Gasteiger partial charge in [-0.25, -0.2) is 14.0 Å². The first-order valence-electron chi connectivity index (χ1n) is 7.74. The highest BCUT2D eigenvalue weighted by atomic mass is 19.4. The average Bonchev–Trinajstić information content (AvgIpc) is 2.88.